The molecular weight excluding hydrogens is 498 g/mol. The molecule has 4 rings (SSSR count). The number of carbonyl (C=O) groups is 1. The fourth-order valence-corrected chi connectivity index (χ4v) is 4.04. The summed E-state index contributed by atoms with van der Waals surface area (Å²) in [6.45, 7) is 5.54. The van der Waals surface area contributed by atoms with Gasteiger partial charge in [0.1, 0.15) is 11.6 Å². The van der Waals surface area contributed by atoms with Crippen LogP contribution in [0.15, 0.2) is 69.0 Å². The lowest BCUT2D eigenvalue weighted by Gasteiger charge is -2.16. The molecule has 0 unspecified atom stereocenters. The lowest BCUT2D eigenvalue weighted by atomic mass is 10.0. The molecule has 0 aliphatic rings. The van der Waals surface area contributed by atoms with Gasteiger partial charge in [-0.15, -0.1) is 0 Å². The minimum atomic E-state index is -0.813. The predicted molar refractivity (Wildman–Crippen MR) is 137 cm³/mol. The molecule has 0 bridgehead atoms. The normalized spacial score (nSPS) is 12.5. The number of nitrogens with zero attached hydrogens (tertiary/aromatic N) is 3. The molecule has 0 fully saturated rings. The highest BCUT2D eigenvalue weighted by molar-refractivity contribution is 9.10. The number of esters is 1. The second-order valence-corrected chi connectivity index (χ2v) is 9.05. The fraction of sp³-hybridized carbons (Fsp3) is 0.231. The van der Waals surface area contributed by atoms with E-state index in [4.69, 9.17) is 14.5 Å². The van der Waals surface area contributed by atoms with Crippen LogP contribution >= 0.6 is 15.9 Å². The summed E-state index contributed by atoms with van der Waals surface area (Å²) in [7, 11) is 1.32. The maximum absolute atomic E-state index is 13.4. The number of aromatic nitrogens is 2. The van der Waals surface area contributed by atoms with E-state index >= 15 is 0 Å². The van der Waals surface area contributed by atoms with E-state index in [1.165, 1.54) is 11.8 Å². The van der Waals surface area contributed by atoms with Crippen LogP contribution in [-0.2, 0) is 9.53 Å². The van der Waals surface area contributed by atoms with E-state index in [2.05, 4.69) is 21.0 Å². The fourth-order valence-electron chi connectivity index (χ4n) is 3.68. The molecule has 0 saturated heterocycles. The highest BCUT2D eigenvalue weighted by atomic mass is 79.9. The molecule has 4 aromatic rings. The van der Waals surface area contributed by atoms with E-state index in [-0.39, 0.29) is 11.5 Å². The van der Waals surface area contributed by atoms with Crippen LogP contribution in [0.25, 0.3) is 21.7 Å². The zero-order valence-electron chi connectivity index (χ0n) is 19.3. The van der Waals surface area contributed by atoms with Gasteiger partial charge in [0.2, 0.25) is 0 Å². The van der Waals surface area contributed by atoms with Crippen LogP contribution in [0.1, 0.15) is 38.1 Å². The van der Waals surface area contributed by atoms with E-state index in [1.807, 2.05) is 56.3 Å². The van der Waals surface area contributed by atoms with Crippen molar-refractivity contribution in [3.63, 3.8) is 0 Å². The highest BCUT2D eigenvalue weighted by Crippen LogP contribution is 2.28. The Balaban J connectivity index is 1.90. The van der Waals surface area contributed by atoms with Gasteiger partial charge in [0.25, 0.3) is 5.56 Å². The number of ether oxygens (including phenoxy) is 2. The van der Waals surface area contributed by atoms with Gasteiger partial charge in [0, 0.05) is 16.0 Å². The summed E-state index contributed by atoms with van der Waals surface area (Å²) in [6, 6.07) is 16.9. The van der Waals surface area contributed by atoms with Crippen molar-refractivity contribution in [3.05, 3.63) is 80.8 Å². The molecule has 3 aromatic carbocycles. The standard InChI is InChI=1S/C26H24BrN3O4/c1-15(2)24-29-22-11-10-18(27)13-20(22)25(31)30(24)28-14-21-19-8-6-5-7-17(19)9-12-23(21)34-16(3)26(32)33-4/h5-16H,1-4H3/t16-/m1/s1. The van der Waals surface area contributed by atoms with Crippen molar-refractivity contribution >= 4 is 49.8 Å². The molecule has 0 aliphatic carbocycles. The SMILES string of the molecule is COC(=O)[C@@H](C)Oc1ccc2ccccc2c1C=Nn1c(C(C)C)nc2ccc(Br)cc2c1=O. The van der Waals surface area contributed by atoms with Gasteiger partial charge >= 0.3 is 5.97 Å². The van der Waals surface area contributed by atoms with Crippen LogP contribution in [0, 0.1) is 0 Å². The summed E-state index contributed by atoms with van der Waals surface area (Å²) in [6.07, 6.45) is 0.771. The molecule has 0 spiro atoms. The first-order valence-corrected chi connectivity index (χ1v) is 11.6. The topological polar surface area (TPSA) is 82.8 Å². The number of carbonyl (C=O) groups excluding carboxylic acids is 1. The number of fused-ring (bicyclic) bond motifs is 2. The Bertz CT molecular complexity index is 1480. The summed E-state index contributed by atoms with van der Waals surface area (Å²) >= 11 is 3.42. The van der Waals surface area contributed by atoms with Crippen LogP contribution in [-0.4, -0.2) is 35.1 Å². The monoisotopic (exact) mass is 521 g/mol. The Morgan fingerprint density at radius 2 is 1.85 bits per heavy atom. The molecule has 34 heavy (non-hydrogen) atoms. The first kappa shape index (κ1) is 23.6. The van der Waals surface area contributed by atoms with E-state index < -0.39 is 12.1 Å². The number of rotatable bonds is 6. The lowest BCUT2D eigenvalue weighted by Crippen LogP contribution is -2.25. The molecule has 0 radical (unpaired) electrons. The zero-order valence-corrected chi connectivity index (χ0v) is 20.9. The number of methoxy groups -OCH3 is 1. The van der Waals surface area contributed by atoms with Crippen molar-refractivity contribution in [2.24, 2.45) is 5.10 Å². The van der Waals surface area contributed by atoms with Gasteiger partial charge in [0.05, 0.1) is 24.2 Å². The molecular formula is C26H24BrN3O4. The van der Waals surface area contributed by atoms with Gasteiger partial charge in [-0.2, -0.15) is 9.78 Å². The second kappa shape index (κ2) is 9.77. The third-order valence-electron chi connectivity index (χ3n) is 5.42. The Hall–Kier alpha value is -3.52. The minimum Gasteiger partial charge on any atom is -0.478 e. The third kappa shape index (κ3) is 4.59. The van der Waals surface area contributed by atoms with E-state index in [9.17, 15) is 9.59 Å². The van der Waals surface area contributed by atoms with E-state index in [0.717, 1.165) is 15.2 Å². The maximum atomic E-state index is 13.4. The van der Waals surface area contributed by atoms with Gasteiger partial charge in [-0.1, -0.05) is 60.1 Å². The molecule has 0 saturated carbocycles. The van der Waals surface area contributed by atoms with Crippen molar-refractivity contribution in [1.82, 2.24) is 9.66 Å². The Kier molecular flexibility index (Phi) is 6.79. The largest absolute Gasteiger partial charge is 0.478 e. The van der Waals surface area contributed by atoms with Crippen LogP contribution in [0.2, 0.25) is 0 Å². The van der Waals surface area contributed by atoms with Crippen molar-refractivity contribution in [3.8, 4) is 5.75 Å². The first-order valence-electron chi connectivity index (χ1n) is 10.8. The number of benzene rings is 3. The van der Waals surface area contributed by atoms with Gasteiger partial charge in [-0.25, -0.2) is 9.78 Å². The zero-order chi connectivity index (χ0) is 24.4. The number of hydrogen-bond acceptors (Lipinski definition) is 6. The first-order chi connectivity index (χ1) is 16.3. The Labute approximate surface area is 205 Å². The van der Waals surface area contributed by atoms with Crippen molar-refractivity contribution in [1.29, 1.82) is 0 Å². The molecule has 174 valence electrons. The average Bonchev–Trinajstić information content (AvgIpc) is 2.83. The minimum absolute atomic E-state index is 0.0412. The molecule has 1 aromatic heterocycles. The molecule has 1 atom stereocenters. The van der Waals surface area contributed by atoms with Crippen LogP contribution in [0.4, 0.5) is 0 Å². The quantitative estimate of drug-likeness (QED) is 0.255. The van der Waals surface area contributed by atoms with Gasteiger partial charge in [-0.05, 0) is 42.0 Å². The van der Waals surface area contributed by atoms with E-state index in [0.29, 0.717) is 28.0 Å². The highest BCUT2D eigenvalue weighted by Gasteiger charge is 2.18. The summed E-state index contributed by atoms with van der Waals surface area (Å²) in [4.78, 5) is 30.0. The van der Waals surface area contributed by atoms with Gasteiger partial charge in [0.15, 0.2) is 6.10 Å². The van der Waals surface area contributed by atoms with E-state index in [1.54, 1.807) is 25.3 Å². The third-order valence-corrected chi connectivity index (χ3v) is 5.91. The number of halogens is 1. The van der Waals surface area contributed by atoms with Crippen molar-refractivity contribution < 1.29 is 14.3 Å². The summed E-state index contributed by atoms with van der Waals surface area (Å²) in [5, 5.41) is 6.87. The molecule has 0 N–H and O–H groups in total. The van der Waals surface area contributed by atoms with Gasteiger partial charge in [-0.3, -0.25) is 4.79 Å². The van der Waals surface area contributed by atoms with Crippen LogP contribution in [0.5, 0.6) is 5.75 Å². The molecule has 8 heteroatoms. The molecule has 7 nitrogen and oxygen atoms in total. The smallest absolute Gasteiger partial charge is 0.346 e. The number of hydrogen-bond donors (Lipinski definition) is 0. The van der Waals surface area contributed by atoms with Crippen molar-refractivity contribution in [2.75, 3.05) is 7.11 Å². The predicted octanol–water partition coefficient (Wildman–Crippen LogP) is 5.26. The summed E-state index contributed by atoms with van der Waals surface area (Å²) in [5.41, 5.74) is 0.992. The van der Waals surface area contributed by atoms with Crippen molar-refractivity contribution in [2.45, 2.75) is 32.8 Å². The average molecular weight is 522 g/mol. The molecule has 1 heterocycles. The second-order valence-electron chi connectivity index (χ2n) is 8.13. The van der Waals surface area contributed by atoms with Gasteiger partial charge < -0.3 is 9.47 Å². The summed E-state index contributed by atoms with van der Waals surface area (Å²) in [5.74, 6) is 0.469. The Morgan fingerprint density at radius 3 is 2.59 bits per heavy atom. The Morgan fingerprint density at radius 1 is 1.09 bits per heavy atom. The van der Waals surface area contributed by atoms with Crippen LogP contribution in [0.3, 0.4) is 0 Å². The lowest BCUT2D eigenvalue weighted by molar-refractivity contribution is -0.147. The summed E-state index contributed by atoms with van der Waals surface area (Å²) < 4.78 is 12.8. The molecule has 0 amide bonds. The van der Waals surface area contributed by atoms with Crippen LogP contribution < -0.4 is 10.3 Å². The maximum Gasteiger partial charge on any atom is 0.346 e. The molecule has 0 aliphatic heterocycles.